The average molecular weight is 851 g/mol. The van der Waals surface area contributed by atoms with Gasteiger partial charge in [0.15, 0.2) is 19.7 Å². The number of hydrogen-bond acceptors (Lipinski definition) is 10. The minimum atomic E-state index is -3.03. The van der Waals surface area contributed by atoms with E-state index in [4.69, 9.17) is 9.47 Å². The van der Waals surface area contributed by atoms with E-state index in [1.54, 1.807) is 14.7 Å². The number of nitrogens with zero attached hydrogens (tertiary/aromatic N) is 6. The molecule has 0 spiro atoms. The maximum atomic E-state index is 13.2. The Kier molecular flexibility index (Phi) is 12.6. The number of carbonyl (C=O) groups excluding carboxylic acids is 3. The fourth-order valence-electron chi connectivity index (χ4n) is 9.90. The summed E-state index contributed by atoms with van der Waals surface area (Å²) in [6.07, 6.45) is 1.70. The fraction of sp³-hybridized carbons (Fsp3) is 0.780. The van der Waals surface area contributed by atoms with E-state index in [9.17, 15) is 31.2 Å². The molecule has 8 fully saturated rings. The molecule has 0 saturated carbocycles. The van der Waals surface area contributed by atoms with E-state index in [1.807, 2.05) is 49.6 Å². The highest BCUT2D eigenvalue weighted by Crippen LogP contribution is 2.44. The summed E-state index contributed by atoms with van der Waals surface area (Å²) in [7, 11) is -6.03. The SMILES string of the molecule is CC(C)(C)OC(=O)N1C[C@H]2CN(C(=O)N3CCS(=O)(=O)CC3)C[C@@H]1C(C)(C)C2.CCOc1ccc(N2C[C@H]3CN(C(=O)N4CCS(=O)(=O)CC4)C[C@@H]2C(C)(C)C3)cc1. The summed E-state index contributed by atoms with van der Waals surface area (Å²) in [5.41, 5.74) is 0.559. The highest BCUT2D eigenvalue weighted by atomic mass is 32.2. The highest BCUT2D eigenvalue weighted by molar-refractivity contribution is 7.91. The number of piperidine rings is 2. The Morgan fingerprint density at radius 2 is 1.10 bits per heavy atom. The number of ether oxygens (including phenoxy) is 2. The second-order valence-corrected chi connectivity index (χ2v) is 24.1. The van der Waals surface area contributed by atoms with Gasteiger partial charge < -0.3 is 38.9 Å². The van der Waals surface area contributed by atoms with Crippen LogP contribution in [0.1, 0.15) is 68.2 Å². The van der Waals surface area contributed by atoms with Gasteiger partial charge >= 0.3 is 18.2 Å². The number of benzene rings is 1. The second kappa shape index (κ2) is 16.5. The Morgan fingerprint density at radius 1 is 0.655 bits per heavy atom. The highest BCUT2D eigenvalue weighted by Gasteiger charge is 2.50. The standard InChI is InChI=1S/C22H33N3O4S.C19H33N3O5S/c1-4-29-19-7-5-18(6-8-19)25-15-17-13-22(2,3)20(25)16-24(14-17)21(26)23-9-11-30(27,28)12-10-23;1-18(2,3)27-17(24)22-12-14-10-19(4,5)15(22)13-21(11-14)16(23)20-6-8-28(25,26)9-7-20/h5-8,17,20H,4,9-16H2,1-3H3;14-15H,6-13H2,1-5H3/t17-,20-;14-,15-/m11/s1. The van der Waals surface area contributed by atoms with Crippen LogP contribution in [0.15, 0.2) is 24.3 Å². The lowest BCUT2D eigenvalue weighted by Gasteiger charge is -2.48. The van der Waals surface area contributed by atoms with Crippen LogP contribution in [0.3, 0.4) is 0 Å². The number of urea groups is 2. The van der Waals surface area contributed by atoms with Gasteiger partial charge in [-0.25, -0.2) is 31.2 Å². The molecular formula is C41H66N6O9S2. The Morgan fingerprint density at radius 3 is 1.57 bits per heavy atom. The van der Waals surface area contributed by atoms with Gasteiger partial charge in [0.25, 0.3) is 0 Å². The Bertz CT molecular complexity index is 1870. The molecular weight excluding hydrogens is 785 g/mol. The van der Waals surface area contributed by atoms with E-state index in [0.717, 1.165) is 31.7 Å². The lowest BCUT2D eigenvalue weighted by Crippen LogP contribution is -2.57. The van der Waals surface area contributed by atoms with Crippen LogP contribution in [0.2, 0.25) is 0 Å². The molecule has 0 aromatic heterocycles. The minimum Gasteiger partial charge on any atom is -0.494 e. The molecule has 8 aliphatic heterocycles. The summed E-state index contributed by atoms with van der Waals surface area (Å²) in [5, 5.41) is 0. The molecule has 8 saturated heterocycles. The van der Waals surface area contributed by atoms with Crippen molar-refractivity contribution in [1.82, 2.24) is 24.5 Å². The average Bonchev–Trinajstić information content (AvgIpc) is 3.54. The smallest absolute Gasteiger partial charge is 0.410 e. The Labute approximate surface area is 346 Å². The molecule has 326 valence electrons. The van der Waals surface area contributed by atoms with Crippen LogP contribution in [-0.2, 0) is 24.4 Å². The molecule has 8 aliphatic rings. The van der Waals surface area contributed by atoms with Crippen LogP contribution >= 0.6 is 0 Å². The molecule has 0 aliphatic carbocycles. The van der Waals surface area contributed by atoms with Crippen LogP contribution in [0.4, 0.5) is 20.1 Å². The molecule has 8 heterocycles. The first-order valence-electron chi connectivity index (χ1n) is 20.9. The predicted octanol–water partition coefficient (Wildman–Crippen LogP) is 4.28. The van der Waals surface area contributed by atoms with Gasteiger partial charge in [-0.2, -0.15) is 0 Å². The van der Waals surface area contributed by atoms with Crippen LogP contribution in [0, 0.1) is 22.7 Å². The number of amides is 5. The molecule has 0 N–H and O–H groups in total. The van der Waals surface area contributed by atoms with Crippen molar-refractivity contribution < 1.29 is 40.7 Å². The third kappa shape index (κ3) is 10.3. The van der Waals surface area contributed by atoms with Crippen molar-refractivity contribution in [1.29, 1.82) is 0 Å². The quantitative estimate of drug-likeness (QED) is 0.431. The summed E-state index contributed by atoms with van der Waals surface area (Å²) < 4.78 is 58.0. The number of carbonyl (C=O) groups is 3. The van der Waals surface area contributed by atoms with Gasteiger partial charge in [0, 0.05) is 71.1 Å². The fourth-order valence-corrected chi connectivity index (χ4v) is 12.3. The van der Waals surface area contributed by atoms with Crippen molar-refractivity contribution >= 4 is 43.5 Å². The number of fused-ring (bicyclic) bond motifs is 8. The predicted molar refractivity (Wildman–Crippen MR) is 224 cm³/mol. The van der Waals surface area contributed by atoms with Crippen LogP contribution in [-0.4, -0.2) is 172 Å². The molecule has 58 heavy (non-hydrogen) atoms. The first-order chi connectivity index (χ1) is 27.0. The van der Waals surface area contributed by atoms with E-state index in [0.29, 0.717) is 51.8 Å². The van der Waals surface area contributed by atoms with Gasteiger partial charge in [0.2, 0.25) is 0 Å². The molecule has 1 aromatic rings. The number of anilines is 1. The van der Waals surface area contributed by atoms with Crippen molar-refractivity contribution in [2.24, 2.45) is 22.7 Å². The van der Waals surface area contributed by atoms with Crippen LogP contribution < -0.4 is 9.64 Å². The largest absolute Gasteiger partial charge is 0.494 e. The van der Waals surface area contributed by atoms with Crippen molar-refractivity contribution in [3.05, 3.63) is 24.3 Å². The number of hydrogen-bond donors (Lipinski definition) is 0. The lowest BCUT2D eigenvalue weighted by molar-refractivity contribution is -0.0204. The van der Waals surface area contributed by atoms with Crippen molar-refractivity contribution in [2.75, 3.05) is 100.0 Å². The molecule has 1 aromatic carbocycles. The molecule has 5 amide bonds. The summed E-state index contributed by atoms with van der Waals surface area (Å²) in [5.74, 6) is 1.63. The van der Waals surface area contributed by atoms with Gasteiger partial charge in [-0.1, -0.05) is 27.7 Å². The van der Waals surface area contributed by atoms with Gasteiger partial charge in [-0.3, -0.25) is 0 Å². The van der Waals surface area contributed by atoms with E-state index in [1.165, 1.54) is 5.69 Å². The molecule has 9 rings (SSSR count). The maximum absolute atomic E-state index is 13.2. The Hall–Kier alpha value is -3.47. The van der Waals surface area contributed by atoms with E-state index < -0.39 is 25.3 Å². The monoisotopic (exact) mass is 850 g/mol. The third-order valence-corrected chi connectivity index (χ3v) is 15.9. The van der Waals surface area contributed by atoms with Crippen molar-refractivity contribution in [3.8, 4) is 5.75 Å². The summed E-state index contributed by atoms with van der Waals surface area (Å²) in [6.45, 7) is 22.1. The van der Waals surface area contributed by atoms with Gasteiger partial charge in [-0.15, -0.1) is 0 Å². The first kappa shape index (κ1) is 44.1. The number of sulfone groups is 2. The molecule has 0 unspecified atom stereocenters. The molecule has 17 heteroatoms. The van der Waals surface area contributed by atoms with Gasteiger partial charge in [-0.05, 0) is 87.5 Å². The summed E-state index contributed by atoms with van der Waals surface area (Å²) in [6, 6.07) is 8.22. The van der Waals surface area contributed by atoms with Crippen molar-refractivity contribution in [3.63, 3.8) is 0 Å². The zero-order chi connectivity index (χ0) is 42.4. The van der Waals surface area contributed by atoms with E-state index >= 15 is 0 Å². The zero-order valence-electron chi connectivity index (χ0n) is 35.8. The van der Waals surface area contributed by atoms with Crippen LogP contribution in [0.25, 0.3) is 0 Å². The van der Waals surface area contributed by atoms with E-state index in [2.05, 4.69) is 44.7 Å². The summed E-state index contributed by atoms with van der Waals surface area (Å²) in [4.78, 5) is 50.5. The zero-order valence-corrected chi connectivity index (χ0v) is 37.4. The molecule has 4 atom stereocenters. The molecule has 0 radical (unpaired) electrons. The van der Waals surface area contributed by atoms with Gasteiger partial charge in [0.05, 0.1) is 41.7 Å². The summed E-state index contributed by atoms with van der Waals surface area (Å²) >= 11 is 0. The van der Waals surface area contributed by atoms with Crippen molar-refractivity contribution in [2.45, 2.75) is 85.9 Å². The normalized spacial score (nSPS) is 28.5. The number of rotatable bonds is 3. The molecule has 15 nitrogen and oxygen atoms in total. The Balaban J connectivity index is 0.000000196. The lowest BCUT2D eigenvalue weighted by atomic mass is 9.73. The first-order valence-corrected chi connectivity index (χ1v) is 24.6. The second-order valence-electron chi connectivity index (χ2n) is 19.5. The topological polar surface area (TPSA) is 157 Å². The van der Waals surface area contributed by atoms with Gasteiger partial charge in [0.1, 0.15) is 11.4 Å². The maximum Gasteiger partial charge on any atom is 0.410 e. The van der Waals surface area contributed by atoms with Crippen LogP contribution in [0.5, 0.6) is 5.75 Å². The third-order valence-electron chi connectivity index (χ3n) is 12.7. The minimum absolute atomic E-state index is 0.00820. The van der Waals surface area contributed by atoms with E-state index in [-0.39, 0.29) is 83.1 Å². The molecule has 4 bridgehead atoms.